The van der Waals surface area contributed by atoms with Gasteiger partial charge in [-0.1, -0.05) is 84.6 Å². The Hall–Kier alpha value is -3.67. The topological polar surface area (TPSA) is 69.3 Å². The van der Waals surface area contributed by atoms with E-state index in [9.17, 15) is 14.9 Å². The molecular formula is C32H32N4O2S2. The van der Waals surface area contributed by atoms with Crippen LogP contribution in [0.2, 0.25) is 0 Å². The molecule has 3 aromatic rings. The molecule has 204 valence electrons. The molecule has 0 spiro atoms. The minimum atomic E-state index is -0.311. The van der Waals surface area contributed by atoms with Crippen LogP contribution in [-0.4, -0.2) is 39.3 Å². The number of hydrogen-bond acceptors (Lipinski definition) is 6. The Morgan fingerprint density at radius 2 is 1.65 bits per heavy atom. The van der Waals surface area contributed by atoms with Crippen LogP contribution in [0, 0.1) is 24.2 Å². The Kier molecular flexibility index (Phi) is 8.53. The Bertz CT molecular complexity index is 1550. The molecule has 2 aliphatic rings. The number of benzene rings is 2. The van der Waals surface area contributed by atoms with Crippen molar-refractivity contribution in [2.75, 3.05) is 24.5 Å². The summed E-state index contributed by atoms with van der Waals surface area (Å²) in [4.78, 5) is 31.0. The SMILES string of the molecule is Cc1c(/C=C2/SC(=S)N(CCc3ccccc3)C2=O)c(N2CCC(Cc3ccccc3)CC2)n(C)c(=O)c1C#N. The number of pyridine rings is 1. The minimum Gasteiger partial charge on any atom is -0.357 e. The van der Waals surface area contributed by atoms with E-state index < -0.39 is 0 Å². The molecule has 2 saturated heterocycles. The standard InChI is InChI=1S/C32H32N4O2S2/c1-22-26(20-28-31(38)36(32(39)40-28)18-15-23-9-5-3-6-10-23)29(34(2)30(37)27(22)21-33)35-16-13-25(14-17-35)19-24-11-7-4-8-12-24/h3-12,20,25H,13-19H2,1-2H3/b28-20+. The highest BCUT2D eigenvalue weighted by Gasteiger charge is 2.33. The lowest BCUT2D eigenvalue weighted by atomic mass is 9.90. The van der Waals surface area contributed by atoms with Gasteiger partial charge in [-0.2, -0.15) is 5.26 Å². The van der Waals surface area contributed by atoms with E-state index in [0.717, 1.165) is 49.3 Å². The number of aromatic nitrogens is 1. The number of amides is 1. The van der Waals surface area contributed by atoms with Crippen LogP contribution in [-0.2, 0) is 24.7 Å². The summed E-state index contributed by atoms with van der Waals surface area (Å²) in [5, 5.41) is 9.80. The summed E-state index contributed by atoms with van der Waals surface area (Å²) in [5.41, 5.74) is 3.62. The molecule has 1 amide bonds. The van der Waals surface area contributed by atoms with Gasteiger partial charge in [0.15, 0.2) is 0 Å². The second-order valence-corrected chi connectivity index (χ2v) is 12.1. The van der Waals surface area contributed by atoms with E-state index in [2.05, 4.69) is 35.2 Å². The van der Waals surface area contributed by atoms with Gasteiger partial charge in [-0.15, -0.1) is 0 Å². The highest BCUT2D eigenvalue weighted by molar-refractivity contribution is 8.26. The maximum Gasteiger partial charge on any atom is 0.270 e. The Balaban J connectivity index is 1.42. The fourth-order valence-electron chi connectivity index (χ4n) is 5.60. The number of thioether (sulfide) groups is 1. The van der Waals surface area contributed by atoms with Crippen LogP contribution in [0.15, 0.2) is 70.4 Å². The molecule has 0 atom stereocenters. The lowest BCUT2D eigenvalue weighted by molar-refractivity contribution is -0.122. The van der Waals surface area contributed by atoms with E-state index in [0.29, 0.717) is 33.7 Å². The number of nitriles is 1. The molecule has 0 N–H and O–H groups in total. The predicted octanol–water partition coefficient (Wildman–Crippen LogP) is 5.47. The maximum absolute atomic E-state index is 13.5. The zero-order chi connectivity index (χ0) is 28.2. The van der Waals surface area contributed by atoms with Crippen molar-refractivity contribution in [3.8, 4) is 6.07 Å². The molecule has 1 aromatic heterocycles. The normalized spacial score (nSPS) is 17.1. The van der Waals surface area contributed by atoms with Gasteiger partial charge in [-0.3, -0.25) is 19.1 Å². The van der Waals surface area contributed by atoms with Crippen LogP contribution in [0.5, 0.6) is 0 Å². The van der Waals surface area contributed by atoms with Crippen LogP contribution in [0.25, 0.3) is 6.08 Å². The van der Waals surface area contributed by atoms with Gasteiger partial charge in [0.25, 0.3) is 11.5 Å². The Morgan fingerprint density at radius 1 is 1.02 bits per heavy atom. The molecule has 0 bridgehead atoms. The van der Waals surface area contributed by atoms with Gasteiger partial charge >= 0.3 is 0 Å². The minimum absolute atomic E-state index is 0.107. The highest BCUT2D eigenvalue weighted by atomic mass is 32.2. The van der Waals surface area contributed by atoms with Crippen LogP contribution in [0.3, 0.4) is 0 Å². The summed E-state index contributed by atoms with van der Waals surface area (Å²) < 4.78 is 2.10. The first-order chi connectivity index (χ1) is 19.4. The van der Waals surface area contributed by atoms with E-state index in [1.165, 1.54) is 17.3 Å². The molecule has 0 aliphatic carbocycles. The first-order valence-electron chi connectivity index (χ1n) is 13.6. The quantitative estimate of drug-likeness (QED) is 0.278. The highest BCUT2D eigenvalue weighted by Crippen LogP contribution is 2.37. The van der Waals surface area contributed by atoms with Crippen molar-refractivity contribution in [3.05, 3.63) is 104 Å². The summed E-state index contributed by atoms with van der Waals surface area (Å²) in [5.74, 6) is 1.19. The lowest BCUT2D eigenvalue weighted by Gasteiger charge is -2.36. The average Bonchev–Trinajstić information content (AvgIpc) is 3.24. The van der Waals surface area contributed by atoms with Crippen LogP contribution >= 0.6 is 24.0 Å². The number of anilines is 1. The first kappa shape index (κ1) is 27.9. The van der Waals surface area contributed by atoms with Crippen molar-refractivity contribution >= 4 is 46.1 Å². The Morgan fingerprint density at radius 3 is 2.27 bits per heavy atom. The molecular weight excluding hydrogens is 537 g/mol. The van der Waals surface area contributed by atoms with E-state index in [1.807, 2.05) is 42.5 Å². The maximum atomic E-state index is 13.5. The summed E-state index contributed by atoms with van der Waals surface area (Å²) in [6.07, 6.45) is 5.59. The van der Waals surface area contributed by atoms with E-state index in [1.54, 1.807) is 23.4 Å². The van der Waals surface area contributed by atoms with E-state index >= 15 is 0 Å². The largest absolute Gasteiger partial charge is 0.357 e. The number of nitrogens with zero attached hydrogens (tertiary/aromatic N) is 4. The monoisotopic (exact) mass is 568 g/mol. The van der Waals surface area contributed by atoms with Gasteiger partial charge in [-0.25, -0.2) is 0 Å². The Labute approximate surface area is 244 Å². The van der Waals surface area contributed by atoms with Crippen molar-refractivity contribution < 1.29 is 4.79 Å². The molecule has 0 unspecified atom stereocenters. The number of rotatable bonds is 7. The third kappa shape index (κ3) is 5.77. The molecule has 5 rings (SSSR count). The lowest BCUT2D eigenvalue weighted by Crippen LogP contribution is -2.39. The summed E-state index contributed by atoms with van der Waals surface area (Å²) >= 11 is 6.87. The van der Waals surface area contributed by atoms with Crippen LogP contribution in [0.4, 0.5) is 5.82 Å². The number of piperidine rings is 1. The van der Waals surface area contributed by atoms with Crippen LogP contribution < -0.4 is 10.5 Å². The molecule has 8 heteroatoms. The van der Waals surface area contributed by atoms with E-state index in [4.69, 9.17) is 12.2 Å². The predicted molar refractivity (Wildman–Crippen MR) is 166 cm³/mol. The average molecular weight is 569 g/mol. The molecule has 2 aliphatic heterocycles. The zero-order valence-corrected chi connectivity index (χ0v) is 24.4. The van der Waals surface area contributed by atoms with Gasteiger partial charge in [0, 0.05) is 32.2 Å². The van der Waals surface area contributed by atoms with Gasteiger partial charge in [-0.05, 0) is 61.3 Å². The number of carbonyl (C=O) groups is 1. The van der Waals surface area contributed by atoms with Gasteiger partial charge in [0.1, 0.15) is 21.8 Å². The molecule has 0 radical (unpaired) electrons. The number of hydrogen-bond donors (Lipinski definition) is 0. The van der Waals surface area contributed by atoms with Crippen molar-refractivity contribution in [2.45, 2.75) is 32.6 Å². The van der Waals surface area contributed by atoms with Gasteiger partial charge < -0.3 is 4.90 Å². The second kappa shape index (κ2) is 12.2. The van der Waals surface area contributed by atoms with Crippen molar-refractivity contribution in [1.29, 1.82) is 5.26 Å². The third-order valence-electron chi connectivity index (χ3n) is 7.87. The molecule has 0 saturated carbocycles. The number of carbonyl (C=O) groups excluding carboxylic acids is 1. The molecule has 6 nitrogen and oxygen atoms in total. The molecule has 2 aromatic carbocycles. The summed E-state index contributed by atoms with van der Waals surface area (Å²) in [6, 6.07) is 22.7. The van der Waals surface area contributed by atoms with Crippen molar-refractivity contribution in [3.63, 3.8) is 0 Å². The van der Waals surface area contributed by atoms with Crippen molar-refractivity contribution in [1.82, 2.24) is 9.47 Å². The fraction of sp³-hybridized carbons (Fsp3) is 0.312. The number of thiocarbonyl (C=S) groups is 1. The molecule has 2 fully saturated rings. The first-order valence-corrected chi connectivity index (χ1v) is 14.8. The molecule has 40 heavy (non-hydrogen) atoms. The second-order valence-electron chi connectivity index (χ2n) is 10.4. The summed E-state index contributed by atoms with van der Waals surface area (Å²) in [7, 11) is 1.72. The molecule has 3 heterocycles. The third-order valence-corrected chi connectivity index (χ3v) is 9.24. The van der Waals surface area contributed by atoms with Gasteiger partial charge in [0.05, 0.1) is 4.91 Å². The summed E-state index contributed by atoms with van der Waals surface area (Å²) in [6.45, 7) is 3.90. The van der Waals surface area contributed by atoms with E-state index in [-0.39, 0.29) is 17.0 Å². The van der Waals surface area contributed by atoms with Crippen molar-refractivity contribution in [2.24, 2.45) is 13.0 Å². The van der Waals surface area contributed by atoms with Crippen LogP contribution in [0.1, 0.15) is 40.7 Å². The van der Waals surface area contributed by atoms with Gasteiger partial charge in [0.2, 0.25) is 0 Å². The smallest absolute Gasteiger partial charge is 0.270 e. The zero-order valence-electron chi connectivity index (χ0n) is 22.8. The fourth-order valence-corrected chi connectivity index (χ4v) is 6.89.